The molecule has 2 aromatic rings. The van der Waals surface area contributed by atoms with Crippen molar-refractivity contribution in [2.24, 2.45) is 5.73 Å². The zero-order valence-corrected chi connectivity index (χ0v) is 11.6. The summed E-state index contributed by atoms with van der Waals surface area (Å²) in [4.78, 5) is 0. The van der Waals surface area contributed by atoms with Crippen LogP contribution in [0.4, 0.5) is 4.39 Å². The van der Waals surface area contributed by atoms with Crippen LogP contribution in [0.15, 0.2) is 28.9 Å². The molecule has 0 bridgehead atoms. The van der Waals surface area contributed by atoms with Gasteiger partial charge in [-0.1, -0.05) is 18.6 Å². The predicted molar refractivity (Wildman–Crippen MR) is 70.9 cm³/mol. The third-order valence-electron chi connectivity index (χ3n) is 2.66. The summed E-state index contributed by atoms with van der Waals surface area (Å²) >= 11 is 3.14. The van der Waals surface area contributed by atoms with Gasteiger partial charge in [-0.05, 0) is 40.5 Å². The largest absolute Gasteiger partial charge is 0.323 e. The lowest BCUT2D eigenvalue weighted by Gasteiger charge is -2.04. The molecule has 0 saturated carbocycles. The van der Waals surface area contributed by atoms with E-state index in [2.05, 4.69) is 33.2 Å². The number of benzene rings is 1. The monoisotopic (exact) mass is 312 g/mol. The SMILES string of the molecule is CCCC(N)c1cn(-c2ccc(F)c(Br)c2)nn1. The lowest BCUT2D eigenvalue weighted by molar-refractivity contribution is 0.618. The van der Waals surface area contributed by atoms with Crippen LogP contribution in [-0.2, 0) is 0 Å². The lowest BCUT2D eigenvalue weighted by atomic mass is 10.1. The maximum atomic E-state index is 13.1. The third kappa shape index (κ3) is 2.76. The molecule has 18 heavy (non-hydrogen) atoms. The molecule has 0 amide bonds. The van der Waals surface area contributed by atoms with Crippen molar-refractivity contribution in [3.63, 3.8) is 0 Å². The second-order valence-electron chi connectivity index (χ2n) is 4.08. The van der Waals surface area contributed by atoms with E-state index in [0.29, 0.717) is 4.47 Å². The molecule has 1 aromatic heterocycles. The molecule has 0 fully saturated rings. The minimum Gasteiger partial charge on any atom is -0.323 e. The van der Waals surface area contributed by atoms with Gasteiger partial charge in [0.1, 0.15) is 5.82 Å². The van der Waals surface area contributed by atoms with Gasteiger partial charge in [0, 0.05) is 0 Å². The fourth-order valence-corrected chi connectivity index (χ4v) is 2.03. The molecule has 96 valence electrons. The van der Waals surface area contributed by atoms with Crippen molar-refractivity contribution in [1.82, 2.24) is 15.0 Å². The second-order valence-corrected chi connectivity index (χ2v) is 4.94. The standard InChI is InChI=1S/C12H14BrFN4/c1-2-3-11(15)12-7-18(17-16-12)8-4-5-10(14)9(13)6-8/h4-7,11H,2-3,15H2,1H3. The number of nitrogens with zero attached hydrogens (tertiary/aromatic N) is 3. The Balaban J connectivity index is 2.26. The van der Waals surface area contributed by atoms with Gasteiger partial charge in [-0.2, -0.15) is 0 Å². The molecule has 2 N–H and O–H groups in total. The van der Waals surface area contributed by atoms with Gasteiger partial charge in [0.2, 0.25) is 0 Å². The number of hydrogen-bond acceptors (Lipinski definition) is 3. The Labute approximate surface area is 113 Å². The highest BCUT2D eigenvalue weighted by atomic mass is 79.9. The van der Waals surface area contributed by atoms with Crippen molar-refractivity contribution in [2.75, 3.05) is 0 Å². The summed E-state index contributed by atoms with van der Waals surface area (Å²) in [6, 6.07) is 4.57. The van der Waals surface area contributed by atoms with Gasteiger partial charge < -0.3 is 5.73 Å². The lowest BCUT2D eigenvalue weighted by Crippen LogP contribution is -2.10. The van der Waals surface area contributed by atoms with Gasteiger partial charge in [-0.3, -0.25) is 0 Å². The molecule has 2 rings (SSSR count). The van der Waals surface area contributed by atoms with Crippen LogP contribution in [0.3, 0.4) is 0 Å². The first-order valence-electron chi connectivity index (χ1n) is 5.75. The van der Waals surface area contributed by atoms with E-state index in [1.54, 1.807) is 23.0 Å². The number of hydrogen-bond donors (Lipinski definition) is 1. The van der Waals surface area contributed by atoms with Crippen LogP contribution in [0.5, 0.6) is 0 Å². The van der Waals surface area contributed by atoms with Crippen molar-refractivity contribution in [1.29, 1.82) is 0 Å². The van der Waals surface area contributed by atoms with Gasteiger partial charge >= 0.3 is 0 Å². The van der Waals surface area contributed by atoms with Gasteiger partial charge in [-0.25, -0.2) is 9.07 Å². The molecular weight excluding hydrogens is 299 g/mol. The third-order valence-corrected chi connectivity index (χ3v) is 3.27. The van der Waals surface area contributed by atoms with Crippen molar-refractivity contribution in [3.05, 3.63) is 40.4 Å². The fourth-order valence-electron chi connectivity index (χ4n) is 1.66. The summed E-state index contributed by atoms with van der Waals surface area (Å²) in [5.74, 6) is -0.304. The van der Waals surface area contributed by atoms with E-state index in [9.17, 15) is 4.39 Å². The molecule has 0 spiro atoms. The maximum absolute atomic E-state index is 13.1. The van der Waals surface area contributed by atoms with Crippen LogP contribution in [0.25, 0.3) is 5.69 Å². The minimum atomic E-state index is -0.304. The molecule has 1 atom stereocenters. The molecule has 1 unspecified atom stereocenters. The van der Waals surface area contributed by atoms with Crippen molar-refractivity contribution < 1.29 is 4.39 Å². The number of nitrogens with two attached hydrogens (primary N) is 1. The highest BCUT2D eigenvalue weighted by Crippen LogP contribution is 2.20. The zero-order valence-electron chi connectivity index (χ0n) is 9.98. The first kappa shape index (κ1) is 13.2. The average molecular weight is 313 g/mol. The molecule has 0 saturated heterocycles. The molecule has 0 radical (unpaired) electrons. The number of aromatic nitrogens is 3. The van der Waals surface area contributed by atoms with Gasteiger partial charge in [-0.15, -0.1) is 5.10 Å². The van der Waals surface area contributed by atoms with Crippen LogP contribution in [0, 0.1) is 5.82 Å². The Bertz CT molecular complexity index is 541. The maximum Gasteiger partial charge on any atom is 0.137 e. The Morgan fingerprint density at radius 2 is 2.28 bits per heavy atom. The summed E-state index contributed by atoms with van der Waals surface area (Å²) in [7, 11) is 0. The van der Waals surface area contributed by atoms with Crippen LogP contribution in [-0.4, -0.2) is 15.0 Å². The molecule has 4 nitrogen and oxygen atoms in total. The Morgan fingerprint density at radius 3 is 2.94 bits per heavy atom. The topological polar surface area (TPSA) is 56.7 Å². The molecule has 0 aliphatic carbocycles. The molecule has 0 aliphatic heterocycles. The summed E-state index contributed by atoms with van der Waals surface area (Å²) in [5.41, 5.74) is 7.45. The van der Waals surface area contributed by atoms with E-state index >= 15 is 0 Å². The van der Waals surface area contributed by atoms with Crippen LogP contribution in [0.1, 0.15) is 31.5 Å². The zero-order chi connectivity index (χ0) is 13.1. The minimum absolute atomic E-state index is 0.104. The van der Waals surface area contributed by atoms with Gasteiger partial charge in [0.15, 0.2) is 0 Å². The summed E-state index contributed by atoms with van der Waals surface area (Å²) in [6.45, 7) is 2.07. The summed E-state index contributed by atoms with van der Waals surface area (Å²) in [5, 5.41) is 8.05. The number of halogens is 2. The summed E-state index contributed by atoms with van der Waals surface area (Å²) < 4.78 is 15.1. The normalized spacial score (nSPS) is 12.7. The van der Waals surface area contributed by atoms with E-state index in [1.807, 2.05) is 0 Å². The van der Waals surface area contributed by atoms with E-state index in [1.165, 1.54) is 6.07 Å². The van der Waals surface area contributed by atoms with Crippen LogP contribution in [0.2, 0.25) is 0 Å². The predicted octanol–water partition coefficient (Wildman–Crippen LogP) is 2.97. The van der Waals surface area contributed by atoms with E-state index in [-0.39, 0.29) is 11.9 Å². The van der Waals surface area contributed by atoms with Gasteiger partial charge in [0.25, 0.3) is 0 Å². The first-order valence-corrected chi connectivity index (χ1v) is 6.54. The fraction of sp³-hybridized carbons (Fsp3) is 0.333. The molecule has 0 aliphatic rings. The highest BCUT2D eigenvalue weighted by Gasteiger charge is 2.11. The number of rotatable bonds is 4. The van der Waals surface area contributed by atoms with Crippen LogP contribution < -0.4 is 5.73 Å². The van der Waals surface area contributed by atoms with Crippen molar-refractivity contribution in [3.8, 4) is 5.69 Å². The van der Waals surface area contributed by atoms with Crippen molar-refractivity contribution in [2.45, 2.75) is 25.8 Å². The first-order chi connectivity index (χ1) is 8.61. The summed E-state index contributed by atoms with van der Waals surface area (Å²) in [6.07, 6.45) is 3.64. The smallest absolute Gasteiger partial charge is 0.137 e. The quantitative estimate of drug-likeness (QED) is 0.944. The second kappa shape index (κ2) is 5.58. The van der Waals surface area contributed by atoms with Crippen LogP contribution >= 0.6 is 15.9 Å². The molecule has 1 aromatic carbocycles. The molecule has 6 heteroatoms. The van der Waals surface area contributed by atoms with Crippen molar-refractivity contribution >= 4 is 15.9 Å². The Morgan fingerprint density at radius 1 is 1.50 bits per heavy atom. The van der Waals surface area contributed by atoms with E-state index in [0.717, 1.165) is 24.2 Å². The van der Waals surface area contributed by atoms with E-state index in [4.69, 9.17) is 5.73 Å². The van der Waals surface area contributed by atoms with E-state index < -0.39 is 0 Å². The average Bonchev–Trinajstić information content (AvgIpc) is 2.82. The highest BCUT2D eigenvalue weighted by molar-refractivity contribution is 9.10. The Hall–Kier alpha value is -1.27. The Kier molecular flexibility index (Phi) is 4.08. The van der Waals surface area contributed by atoms with Gasteiger partial charge in [0.05, 0.1) is 28.1 Å². The molecule has 1 heterocycles. The molecular formula is C12H14BrFN4.